The molecule has 1 aromatic carbocycles. The van der Waals surface area contributed by atoms with E-state index in [-0.39, 0.29) is 21.2 Å². The number of allylic oxidation sites excluding steroid dienone is 1. The number of benzene rings is 1. The number of aromatic nitrogens is 2. The third-order valence-corrected chi connectivity index (χ3v) is 6.16. The lowest BCUT2D eigenvalue weighted by molar-refractivity contribution is 0.102. The fourth-order valence-electron chi connectivity index (χ4n) is 3.73. The van der Waals surface area contributed by atoms with Gasteiger partial charge in [-0.3, -0.25) is 9.78 Å². The summed E-state index contributed by atoms with van der Waals surface area (Å²) in [4.78, 5) is 21.0. The Morgan fingerprint density at radius 3 is 2.69 bits per heavy atom. The Bertz CT molecular complexity index is 1400. The summed E-state index contributed by atoms with van der Waals surface area (Å²) in [5.74, 6) is 1.58. The quantitative estimate of drug-likeness (QED) is 0.334. The number of halogens is 3. The van der Waals surface area contributed by atoms with E-state index in [1.54, 1.807) is 12.3 Å². The van der Waals surface area contributed by atoms with Crippen LogP contribution >= 0.6 is 23.2 Å². The molecule has 1 amide bonds. The highest BCUT2D eigenvalue weighted by molar-refractivity contribution is 6.35. The average molecular weight is 508 g/mol. The van der Waals surface area contributed by atoms with E-state index in [0.717, 1.165) is 37.3 Å². The number of carbonyl (C=O) groups is 1. The van der Waals surface area contributed by atoms with Gasteiger partial charge >= 0.3 is 0 Å². The van der Waals surface area contributed by atoms with E-state index < -0.39 is 11.7 Å². The Balaban J connectivity index is 1.51. The molecule has 9 heteroatoms. The van der Waals surface area contributed by atoms with Crippen molar-refractivity contribution < 1.29 is 9.18 Å². The summed E-state index contributed by atoms with van der Waals surface area (Å²) in [5, 5.41) is 14.0. The molecule has 2 aromatic heterocycles. The zero-order chi connectivity index (χ0) is 24.9. The standard InChI is InChI=1S/C26H20Cl2FN5O/c1-2-15-12-31-8-7-18(15)19-10-21(27)20(11-23(19)29)26(35)34-17-9-22(28)25(33-14-17)32-13-16-5-3-4-6-24(16)30/h1,7-14,30H,3-6H2,(H,32,33)(H,34,35)/b16-13-,30-24?. The molecule has 1 aliphatic rings. The Morgan fingerprint density at radius 1 is 1.14 bits per heavy atom. The van der Waals surface area contributed by atoms with Crippen molar-refractivity contribution in [1.82, 2.24) is 9.97 Å². The van der Waals surface area contributed by atoms with Crippen molar-refractivity contribution in [3.8, 4) is 23.5 Å². The van der Waals surface area contributed by atoms with Gasteiger partial charge in [0.15, 0.2) is 0 Å². The van der Waals surface area contributed by atoms with Gasteiger partial charge in [0.05, 0.1) is 33.1 Å². The first-order valence-corrected chi connectivity index (χ1v) is 11.5. The molecule has 0 bridgehead atoms. The molecule has 3 aromatic rings. The topological polar surface area (TPSA) is 90.8 Å². The molecule has 176 valence electrons. The number of anilines is 2. The van der Waals surface area contributed by atoms with Crippen LogP contribution in [0.3, 0.4) is 0 Å². The molecule has 1 saturated carbocycles. The summed E-state index contributed by atoms with van der Waals surface area (Å²) >= 11 is 12.6. The van der Waals surface area contributed by atoms with Crippen LogP contribution in [0.2, 0.25) is 10.0 Å². The van der Waals surface area contributed by atoms with Crippen molar-refractivity contribution in [2.45, 2.75) is 25.7 Å². The van der Waals surface area contributed by atoms with Crippen LogP contribution in [0.4, 0.5) is 15.9 Å². The Hall–Kier alpha value is -3.73. The van der Waals surface area contributed by atoms with Crippen LogP contribution in [-0.2, 0) is 0 Å². The molecule has 0 aliphatic heterocycles. The Labute approximate surface area is 212 Å². The number of hydrogen-bond donors (Lipinski definition) is 3. The van der Waals surface area contributed by atoms with E-state index in [9.17, 15) is 9.18 Å². The molecule has 35 heavy (non-hydrogen) atoms. The fourth-order valence-corrected chi connectivity index (χ4v) is 4.20. The normalized spacial score (nSPS) is 14.5. The summed E-state index contributed by atoms with van der Waals surface area (Å²) < 4.78 is 14.9. The maximum absolute atomic E-state index is 14.9. The number of carbonyl (C=O) groups excluding carboxylic acids is 1. The number of nitrogens with zero attached hydrogens (tertiary/aromatic N) is 2. The zero-order valence-corrected chi connectivity index (χ0v) is 20.0. The summed E-state index contributed by atoms with van der Waals surface area (Å²) in [7, 11) is 0. The lowest BCUT2D eigenvalue weighted by Gasteiger charge is -2.15. The minimum absolute atomic E-state index is 0.0527. The average Bonchev–Trinajstić information content (AvgIpc) is 2.85. The first kappa shape index (κ1) is 24.4. The summed E-state index contributed by atoms with van der Waals surface area (Å²) in [6.07, 6.45) is 15.3. The molecular weight excluding hydrogens is 488 g/mol. The minimum atomic E-state index is -0.653. The number of pyridine rings is 2. The number of rotatable bonds is 5. The predicted octanol–water partition coefficient (Wildman–Crippen LogP) is 6.71. The lowest BCUT2D eigenvalue weighted by Crippen LogP contribution is -2.14. The largest absolute Gasteiger partial charge is 0.345 e. The second kappa shape index (κ2) is 10.7. The molecular formula is C26H20Cl2FN5O. The summed E-state index contributed by atoms with van der Waals surface area (Å²) in [6.45, 7) is 0. The van der Waals surface area contributed by atoms with E-state index in [0.29, 0.717) is 28.3 Å². The first-order valence-electron chi connectivity index (χ1n) is 10.8. The molecule has 0 unspecified atom stereocenters. The monoisotopic (exact) mass is 507 g/mol. The SMILES string of the molecule is C#Cc1cnccc1-c1cc(Cl)c(C(=O)Nc2cnc(N/C=C3/CCCCC3=N)c(Cl)c2)cc1F. The van der Waals surface area contributed by atoms with E-state index >= 15 is 0 Å². The van der Waals surface area contributed by atoms with Crippen LogP contribution in [0, 0.1) is 23.6 Å². The molecule has 6 nitrogen and oxygen atoms in total. The molecule has 0 saturated heterocycles. The van der Waals surface area contributed by atoms with Crippen molar-refractivity contribution in [2.24, 2.45) is 0 Å². The highest BCUT2D eigenvalue weighted by atomic mass is 35.5. The van der Waals surface area contributed by atoms with Crippen LogP contribution < -0.4 is 10.6 Å². The van der Waals surface area contributed by atoms with Gasteiger partial charge in [0.25, 0.3) is 5.91 Å². The van der Waals surface area contributed by atoms with E-state index in [1.807, 2.05) is 0 Å². The highest BCUT2D eigenvalue weighted by Gasteiger charge is 2.18. The van der Waals surface area contributed by atoms with E-state index in [2.05, 4.69) is 26.5 Å². The number of hydrogen-bond acceptors (Lipinski definition) is 5. The van der Waals surface area contributed by atoms with Gasteiger partial charge in [-0.2, -0.15) is 0 Å². The van der Waals surface area contributed by atoms with Gasteiger partial charge in [0.2, 0.25) is 0 Å². The van der Waals surface area contributed by atoms with Gasteiger partial charge in [-0.05, 0) is 55.5 Å². The maximum Gasteiger partial charge on any atom is 0.257 e. The van der Waals surface area contributed by atoms with Gasteiger partial charge in [-0.25, -0.2) is 9.37 Å². The van der Waals surface area contributed by atoms with Gasteiger partial charge in [0, 0.05) is 35.4 Å². The van der Waals surface area contributed by atoms with E-state index in [4.69, 9.17) is 35.0 Å². The van der Waals surface area contributed by atoms with Crippen molar-refractivity contribution in [2.75, 3.05) is 10.6 Å². The third kappa shape index (κ3) is 5.51. The van der Waals surface area contributed by atoms with Crippen LogP contribution in [-0.4, -0.2) is 21.6 Å². The molecule has 4 rings (SSSR count). The van der Waals surface area contributed by atoms with Crippen molar-refractivity contribution in [1.29, 1.82) is 5.41 Å². The third-order valence-electron chi connectivity index (χ3n) is 5.56. The van der Waals surface area contributed by atoms with Gasteiger partial charge in [-0.1, -0.05) is 29.1 Å². The minimum Gasteiger partial charge on any atom is -0.345 e. The molecule has 0 radical (unpaired) electrons. The smallest absolute Gasteiger partial charge is 0.257 e. The molecule has 0 spiro atoms. The molecule has 3 N–H and O–H groups in total. The molecule has 1 fully saturated rings. The van der Waals surface area contributed by atoms with Crippen molar-refractivity contribution >= 4 is 46.3 Å². The summed E-state index contributed by atoms with van der Waals surface area (Å²) in [5.41, 5.74) is 2.82. The molecule has 1 aliphatic carbocycles. The number of nitrogens with one attached hydrogen (secondary N) is 3. The van der Waals surface area contributed by atoms with E-state index in [1.165, 1.54) is 30.7 Å². The second-order valence-electron chi connectivity index (χ2n) is 7.89. The maximum atomic E-state index is 14.9. The van der Waals surface area contributed by atoms with Crippen LogP contribution in [0.5, 0.6) is 0 Å². The highest BCUT2D eigenvalue weighted by Crippen LogP contribution is 2.31. The van der Waals surface area contributed by atoms with Crippen molar-refractivity contribution in [3.63, 3.8) is 0 Å². The van der Waals surface area contributed by atoms with Gasteiger partial charge < -0.3 is 16.0 Å². The van der Waals surface area contributed by atoms with Crippen molar-refractivity contribution in [3.05, 3.63) is 81.6 Å². The predicted molar refractivity (Wildman–Crippen MR) is 138 cm³/mol. The zero-order valence-electron chi connectivity index (χ0n) is 18.5. The number of terminal acetylenes is 1. The second-order valence-corrected chi connectivity index (χ2v) is 8.70. The lowest BCUT2D eigenvalue weighted by atomic mass is 9.94. The van der Waals surface area contributed by atoms with Crippen LogP contribution in [0.1, 0.15) is 41.6 Å². The Kier molecular flexibility index (Phi) is 7.45. The van der Waals surface area contributed by atoms with Gasteiger partial charge in [-0.15, -0.1) is 6.42 Å². The number of amides is 1. The Morgan fingerprint density at radius 2 is 1.94 bits per heavy atom. The van der Waals surface area contributed by atoms with Gasteiger partial charge in [0.1, 0.15) is 11.6 Å². The first-order chi connectivity index (χ1) is 16.9. The van der Waals surface area contributed by atoms with Crippen LogP contribution in [0.15, 0.2) is 54.6 Å². The van der Waals surface area contributed by atoms with Crippen LogP contribution in [0.25, 0.3) is 11.1 Å². The molecule has 2 heterocycles. The fraction of sp³-hybridized carbons (Fsp3) is 0.154. The summed E-state index contributed by atoms with van der Waals surface area (Å²) in [6, 6.07) is 5.52. The molecule has 0 atom stereocenters.